The first kappa shape index (κ1) is 75.1. The van der Waals surface area contributed by atoms with E-state index in [9.17, 15) is 0 Å². The summed E-state index contributed by atoms with van der Waals surface area (Å²) >= 11 is 0. The average Bonchev–Trinajstić information content (AvgIpc) is 0.673. The molecule has 0 N–H and O–H groups in total. The molecule has 12 aliphatic rings. The molecule has 20 aromatic rings. The molecule has 0 unspecified atom stereocenters. The van der Waals surface area contributed by atoms with Gasteiger partial charge in [-0.3, -0.25) is 0 Å². The monoisotopic (exact) mass is 1790 g/mol. The van der Waals surface area contributed by atoms with E-state index in [-0.39, 0.29) is 26.9 Å². The predicted octanol–water partition coefficient (Wildman–Crippen LogP) is 16.2. The Morgan fingerprint density at radius 2 is 0.355 bits per heavy atom. The van der Waals surface area contributed by atoms with Crippen molar-refractivity contribution in [2.24, 2.45) is 0 Å². The standard InChI is InChI=1S/C120H70B4N4O8Si2/c1-13-39-93-77(27-1)122-82-66-73(56-60-98(82)131-103-45-25-43-101(129-93)117(103)122)125-85-31-5-17-47-109(85)137(110-48-18-6-32-86(110)125)111-49-19-7-33-87(111)127(88-34-8-20-50-112(88)137)75-58-62-100-84(68-75)124-80-30-4-15-41-95(80)133-105-64-72(65-106(135-100)119(105)124)71-55-59-97-81(63-71)121-79-29-3-16-42-96(79)134-107-69-76(70-108(136-97)120(107)121)128-91-37-11-23-53-115(91)138(116-54-24-12-38-92(116)128)113-51-21-9-35-89(113)126(90-36-10-22-52-114(90)138)74-57-61-99-83(67-74)123-78-28-2-14-40-94(78)130-102-44-26-46-104(132-99)118(102)123/h1-70H. The molecular formula is C120H70B4N4O8Si2. The van der Waals surface area contributed by atoms with Crippen LogP contribution < -0.4 is 165 Å². The maximum Gasteiger partial charge on any atom is 0.260 e. The Kier molecular flexibility index (Phi) is 15.1. The van der Waals surface area contributed by atoms with E-state index in [0.717, 1.165) is 237 Å². The van der Waals surface area contributed by atoms with Crippen LogP contribution in [0.15, 0.2) is 425 Å². The number of nitrogens with zero attached hydrogens (tertiary/aromatic N) is 4. The van der Waals surface area contributed by atoms with Crippen molar-refractivity contribution in [2.45, 2.75) is 0 Å². The Morgan fingerprint density at radius 1 is 0.145 bits per heavy atom. The molecule has 0 saturated carbocycles. The summed E-state index contributed by atoms with van der Waals surface area (Å²) in [5.74, 6) is 12.9. The zero-order valence-electron chi connectivity index (χ0n) is 73.8. The van der Waals surface area contributed by atoms with E-state index in [1.807, 2.05) is 12.1 Å². The number of benzene rings is 20. The summed E-state index contributed by atoms with van der Waals surface area (Å²) in [6.07, 6.45) is 0. The highest BCUT2D eigenvalue weighted by atomic mass is 28.3. The number of anilines is 12. The SMILES string of the molecule is c1ccc2c(c1)Oc1cc(N3c4ccccc4[Si]4(c5ccccc53)c3ccccc3N(c3ccc5c(c3)B3c6ccccc6Oc6cccc(c63)O5)c3ccccc34)cc3c1B2c1cc(-c2cc4c5c(c2)Oc2ccc(N6c7ccccc7[Si]7(c8ccccc8N(c8ccc9c(c8)B8c%10ccccc%10Oc%10cccc(c%108)O9)c8ccccc87)c7ccccc76)cc2B5c2ccccc2O4)ccc1O3. The number of ether oxygens (including phenoxy) is 8. The lowest BCUT2D eigenvalue weighted by atomic mass is 9.34. The van der Waals surface area contributed by atoms with Gasteiger partial charge in [0.25, 0.3) is 26.9 Å². The van der Waals surface area contributed by atoms with Gasteiger partial charge in [-0.2, -0.15) is 0 Å². The molecule has 0 amide bonds. The first-order chi connectivity index (χ1) is 68.4. The second-order valence-electron chi connectivity index (χ2n) is 37.7. The third kappa shape index (κ3) is 9.94. The minimum absolute atomic E-state index is 0.0887. The van der Waals surface area contributed by atoms with Gasteiger partial charge in [-0.1, -0.05) is 243 Å². The Hall–Kier alpha value is -17.3. The summed E-state index contributed by atoms with van der Waals surface area (Å²) in [5, 5.41) is 10.5. The van der Waals surface area contributed by atoms with Gasteiger partial charge in [-0.15, -0.1) is 0 Å². The molecule has 18 heteroatoms. The van der Waals surface area contributed by atoms with Gasteiger partial charge in [0, 0.05) is 96.5 Å². The van der Waals surface area contributed by atoms with Crippen molar-refractivity contribution in [3.05, 3.63) is 425 Å². The molecule has 2 spiro atoms. The maximum atomic E-state index is 7.46. The third-order valence-corrected chi connectivity index (χ3v) is 40.9. The number of para-hydroxylation sites is 12. The zero-order chi connectivity index (χ0) is 89.6. The first-order valence-corrected chi connectivity index (χ1v) is 51.3. The van der Waals surface area contributed by atoms with E-state index >= 15 is 0 Å². The highest BCUT2D eigenvalue weighted by Gasteiger charge is 2.58. The topological polar surface area (TPSA) is 86.8 Å². The minimum atomic E-state index is -3.25. The van der Waals surface area contributed by atoms with Crippen molar-refractivity contribution in [1.82, 2.24) is 0 Å². The molecule has 0 saturated heterocycles. The van der Waals surface area contributed by atoms with Crippen LogP contribution in [-0.2, 0) is 0 Å². The second-order valence-corrected chi connectivity index (χ2v) is 45.0. The van der Waals surface area contributed by atoms with Crippen molar-refractivity contribution in [3.8, 4) is 103 Å². The maximum absolute atomic E-state index is 7.46. The fourth-order valence-electron chi connectivity index (χ4n) is 25.8. The molecule has 20 aromatic carbocycles. The summed E-state index contributed by atoms with van der Waals surface area (Å²) in [6.45, 7) is -0.665. The van der Waals surface area contributed by atoms with E-state index in [4.69, 9.17) is 37.9 Å². The lowest BCUT2D eigenvalue weighted by molar-refractivity contribution is 0.464. The smallest absolute Gasteiger partial charge is 0.260 e. The van der Waals surface area contributed by atoms with Gasteiger partial charge in [0.15, 0.2) is 16.1 Å². The van der Waals surface area contributed by atoms with Gasteiger partial charge in [0.2, 0.25) is 0 Å². The van der Waals surface area contributed by atoms with E-state index in [0.29, 0.717) is 0 Å². The van der Waals surface area contributed by atoms with Crippen LogP contribution in [0.5, 0.6) is 92.0 Å². The summed E-state index contributed by atoms with van der Waals surface area (Å²) in [6, 6.07) is 156. The molecule has 0 atom stereocenters. The normalized spacial score (nSPS) is 15.0. The van der Waals surface area contributed by atoms with Crippen LogP contribution in [0.4, 0.5) is 68.2 Å². The van der Waals surface area contributed by atoms with Gasteiger partial charge < -0.3 is 57.5 Å². The van der Waals surface area contributed by atoms with Crippen molar-refractivity contribution >= 4 is 218 Å². The molecule has 0 radical (unpaired) electrons. The number of rotatable bonds is 5. The van der Waals surface area contributed by atoms with Crippen LogP contribution in [0.1, 0.15) is 0 Å². The second kappa shape index (κ2) is 27.7. The highest BCUT2D eigenvalue weighted by Crippen LogP contribution is 2.52. The van der Waals surface area contributed by atoms with Crippen molar-refractivity contribution in [3.63, 3.8) is 0 Å². The molecule has 12 aliphatic heterocycles. The van der Waals surface area contributed by atoms with Crippen LogP contribution in [0.2, 0.25) is 0 Å². The van der Waals surface area contributed by atoms with Crippen LogP contribution in [0, 0.1) is 0 Å². The Balaban J connectivity index is 0.482. The molecule has 0 fully saturated rings. The number of hydrogen-bond donors (Lipinski definition) is 0. The molecule has 0 bridgehead atoms. The van der Waals surface area contributed by atoms with E-state index in [2.05, 4.69) is 432 Å². The largest absolute Gasteiger partial charge is 0.458 e. The summed E-state index contributed by atoms with van der Waals surface area (Å²) in [4.78, 5) is 9.98. The zero-order valence-corrected chi connectivity index (χ0v) is 75.8. The average molecular weight is 1800 g/mol. The molecule has 0 aromatic heterocycles. The van der Waals surface area contributed by atoms with Crippen LogP contribution in [-0.4, -0.2) is 43.0 Å². The first-order valence-electron chi connectivity index (χ1n) is 47.3. The molecule has 0 aliphatic carbocycles. The molecule has 12 nitrogen and oxygen atoms in total. The Morgan fingerprint density at radius 3 is 0.645 bits per heavy atom. The van der Waals surface area contributed by atoms with E-state index in [1.54, 1.807) is 0 Å². The van der Waals surface area contributed by atoms with Crippen LogP contribution in [0.25, 0.3) is 11.1 Å². The molecule has 12 heterocycles. The minimum Gasteiger partial charge on any atom is -0.458 e. The van der Waals surface area contributed by atoms with Gasteiger partial charge in [0.05, 0.1) is 5.69 Å². The fourth-order valence-corrected chi connectivity index (χ4v) is 36.6. The quantitative estimate of drug-likeness (QED) is 0.154. The Bertz CT molecular complexity index is 8660. The van der Waals surface area contributed by atoms with Gasteiger partial charge in [0.1, 0.15) is 92.0 Å². The van der Waals surface area contributed by atoms with Crippen molar-refractivity contribution < 1.29 is 37.9 Å². The lowest BCUT2D eigenvalue weighted by Gasteiger charge is -2.50. The molecule has 138 heavy (non-hydrogen) atoms. The number of hydrogen-bond acceptors (Lipinski definition) is 12. The Labute approximate surface area is 797 Å². The number of fused-ring (bicyclic) bond motifs is 32. The van der Waals surface area contributed by atoms with Crippen LogP contribution in [0.3, 0.4) is 0 Å². The van der Waals surface area contributed by atoms with E-state index in [1.165, 1.54) is 41.5 Å². The molecule has 638 valence electrons. The van der Waals surface area contributed by atoms with Gasteiger partial charge >= 0.3 is 0 Å². The fraction of sp³-hybridized carbons (Fsp3) is 0. The molecule has 32 rings (SSSR count). The summed E-state index contributed by atoms with van der Waals surface area (Å²) in [5.41, 5.74) is 27.9. The lowest BCUT2D eigenvalue weighted by Crippen LogP contribution is -2.79. The third-order valence-electron chi connectivity index (χ3n) is 31.1. The summed E-state index contributed by atoms with van der Waals surface area (Å²) < 4.78 is 56.2. The van der Waals surface area contributed by atoms with Crippen molar-refractivity contribution in [1.29, 1.82) is 0 Å². The highest BCUT2D eigenvalue weighted by molar-refractivity contribution is 7.24. The van der Waals surface area contributed by atoms with Gasteiger partial charge in [-0.05, 0) is 266 Å². The van der Waals surface area contributed by atoms with Crippen molar-refractivity contribution in [2.75, 3.05) is 19.6 Å². The van der Waals surface area contributed by atoms with Gasteiger partial charge in [-0.25, -0.2) is 0 Å². The molecular weight excluding hydrogens is 1720 g/mol. The predicted molar refractivity (Wildman–Crippen MR) is 563 cm³/mol. The summed E-state index contributed by atoms with van der Waals surface area (Å²) in [7, 11) is -6.47. The van der Waals surface area contributed by atoms with E-state index < -0.39 is 16.1 Å². The van der Waals surface area contributed by atoms with Crippen LogP contribution >= 0.6 is 0 Å².